The van der Waals surface area contributed by atoms with Crippen molar-refractivity contribution >= 4 is 28.6 Å². The maximum atomic E-state index is 12.2. The summed E-state index contributed by atoms with van der Waals surface area (Å²) >= 11 is 6.53. The molecule has 0 saturated heterocycles. The Labute approximate surface area is 239 Å². The molecule has 1 unspecified atom stereocenters. The van der Waals surface area contributed by atoms with Crippen molar-refractivity contribution in [3.05, 3.63) is 87.4 Å². The highest BCUT2D eigenvalue weighted by Crippen LogP contribution is 2.45. The Morgan fingerprint density at radius 1 is 1.12 bits per heavy atom. The van der Waals surface area contributed by atoms with Gasteiger partial charge in [-0.1, -0.05) is 60.1 Å². The summed E-state index contributed by atoms with van der Waals surface area (Å²) in [6, 6.07) is 17.6. The number of rotatable bonds is 14. The standard InChI is InChI=1S/C31H36ClN3O5/c1-4-31(18-28(37)38,24-16-23(19-36)30(39-3)26(32)17-24)25-12-13-27-29(21(25)2)33-34-35(27)14-8-9-15-40-20-22-10-6-5-7-11-22/h5-7,10-13,16-17,36H,4,8-9,14-15,18-20H2,1-3H3,(H,37,38). The third-order valence-corrected chi connectivity index (χ3v) is 7.86. The second kappa shape index (κ2) is 13.3. The lowest BCUT2D eigenvalue weighted by Gasteiger charge is -2.35. The van der Waals surface area contributed by atoms with E-state index in [9.17, 15) is 15.0 Å². The number of aliphatic hydroxyl groups is 1. The Balaban J connectivity index is 1.58. The van der Waals surface area contributed by atoms with E-state index in [1.54, 1.807) is 12.1 Å². The first-order chi connectivity index (χ1) is 19.3. The van der Waals surface area contributed by atoms with Gasteiger partial charge in [-0.05, 0) is 66.6 Å². The van der Waals surface area contributed by atoms with Gasteiger partial charge in [-0.15, -0.1) is 5.10 Å². The third kappa shape index (κ3) is 6.14. The lowest BCUT2D eigenvalue weighted by atomic mass is 9.68. The van der Waals surface area contributed by atoms with Crippen LogP contribution in [0, 0.1) is 6.92 Å². The highest BCUT2D eigenvalue weighted by molar-refractivity contribution is 6.32. The predicted molar refractivity (Wildman–Crippen MR) is 155 cm³/mol. The maximum absolute atomic E-state index is 12.2. The monoisotopic (exact) mass is 565 g/mol. The molecule has 0 fully saturated rings. The number of aryl methyl sites for hydroxylation is 2. The predicted octanol–water partition coefficient (Wildman–Crippen LogP) is 6.06. The van der Waals surface area contributed by atoms with Crippen molar-refractivity contribution in [2.45, 2.75) is 64.7 Å². The average Bonchev–Trinajstić information content (AvgIpc) is 3.37. The molecule has 1 aromatic heterocycles. The number of ether oxygens (including phenoxy) is 2. The summed E-state index contributed by atoms with van der Waals surface area (Å²) in [6.45, 7) is 5.60. The lowest BCUT2D eigenvalue weighted by molar-refractivity contribution is -0.138. The van der Waals surface area contributed by atoms with Crippen molar-refractivity contribution in [2.75, 3.05) is 13.7 Å². The minimum absolute atomic E-state index is 0.152. The SMILES string of the molecule is CCC(CC(=O)O)(c1cc(Cl)c(OC)c(CO)c1)c1ccc2c(nnn2CCCCOCc2ccccc2)c1C. The van der Waals surface area contributed by atoms with Crippen LogP contribution in [0.1, 0.15) is 60.4 Å². The molecule has 0 aliphatic rings. The Morgan fingerprint density at radius 2 is 1.90 bits per heavy atom. The summed E-state index contributed by atoms with van der Waals surface area (Å²) in [5.74, 6) is -0.550. The van der Waals surface area contributed by atoms with E-state index in [2.05, 4.69) is 22.4 Å². The summed E-state index contributed by atoms with van der Waals surface area (Å²) < 4.78 is 13.1. The number of halogens is 1. The van der Waals surface area contributed by atoms with Crippen LogP contribution in [0.25, 0.3) is 11.0 Å². The van der Waals surface area contributed by atoms with Crippen LogP contribution in [-0.2, 0) is 34.7 Å². The highest BCUT2D eigenvalue weighted by atomic mass is 35.5. The number of methoxy groups -OCH3 is 1. The maximum Gasteiger partial charge on any atom is 0.304 e. The van der Waals surface area contributed by atoms with Gasteiger partial charge in [0.05, 0.1) is 37.3 Å². The van der Waals surface area contributed by atoms with Crippen molar-refractivity contribution in [2.24, 2.45) is 0 Å². The molecular formula is C31H36ClN3O5. The van der Waals surface area contributed by atoms with Crippen LogP contribution in [0.3, 0.4) is 0 Å². The summed E-state index contributed by atoms with van der Waals surface area (Å²) in [5, 5.41) is 29.2. The van der Waals surface area contributed by atoms with Gasteiger partial charge >= 0.3 is 5.97 Å². The fourth-order valence-electron chi connectivity index (χ4n) is 5.48. The smallest absolute Gasteiger partial charge is 0.304 e. The van der Waals surface area contributed by atoms with Crippen molar-refractivity contribution in [1.82, 2.24) is 15.0 Å². The average molecular weight is 566 g/mol. The first kappa shape index (κ1) is 29.5. The van der Waals surface area contributed by atoms with Crippen LogP contribution in [0.5, 0.6) is 5.75 Å². The van der Waals surface area contributed by atoms with E-state index < -0.39 is 11.4 Å². The van der Waals surface area contributed by atoms with Gasteiger partial charge in [-0.2, -0.15) is 0 Å². The van der Waals surface area contributed by atoms with Gasteiger partial charge in [0.1, 0.15) is 11.3 Å². The molecule has 8 nitrogen and oxygen atoms in total. The fraction of sp³-hybridized carbons (Fsp3) is 0.387. The van der Waals surface area contributed by atoms with E-state index in [4.69, 9.17) is 21.1 Å². The fourth-order valence-corrected chi connectivity index (χ4v) is 5.80. The van der Waals surface area contributed by atoms with E-state index in [0.717, 1.165) is 40.6 Å². The van der Waals surface area contributed by atoms with Crippen LogP contribution in [0.15, 0.2) is 54.6 Å². The zero-order valence-corrected chi connectivity index (χ0v) is 23.9. The highest BCUT2D eigenvalue weighted by Gasteiger charge is 2.38. The molecule has 0 spiro atoms. The first-order valence-electron chi connectivity index (χ1n) is 13.5. The number of unbranched alkanes of at least 4 members (excludes halogenated alkanes) is 1. The molecule has 0 aliphatic heterocycles. The molecule has 4 rings (SSSR count). The second-order valence-corrected chi connectivity index (χ2v) is 10.4. The molecule has 0 bridgehead atoms. The number of aliphatic carboxylic acids is 1. The Bertz CT molecular complexity index is 1460. The zero-order valence-electron chi connectivity index (χ0n) is 23.2. The van der Waals surface area contributed by atoms with E-state index in [1.165, 1.54) is 7.11 Å². The van der Waals surface area contributed by atoms with E-state index >= 15 is 0 Å². The molecule has 0 radical (unpaired) electrons. The van der Waals surface area contributed by atoms with Gasteiger partial charge in [0.25, 0.3) is 0 Å². The van der Waals surface area contributed by atoms with E-state index in [0.29, 0.717) is 48.1 Å². The molecule has 1 heterocycles. The lowest BCUT2D eigenvalue weighted by Crippen LogP contribution is -2.31. The summed E-state index contributed by atoms with van der Waals surface area (Å²) in [4.78, 5) is 12.2. The minimum Gasteiger partial charge on any atom is -0.495 e. The number of hydrogen-bond acceptors (Lipinski definition) is 6. The summed E-state index contributed by atoms with van der Waals surface area (Å²) in [5.41, 5.74) is 4.82. The van der Waals surface area contributed by atoms with Crippen LogP contribution in [0.4, 0.5) is 0 Å². The molecule has 0 aliphatic carbocycles. The molecule has 2 N–H and O–H groups in total. The van der Waals surface area contributed by atoms with Crippen molar-refractivity contribution < 1.29 is 24.5 Å². The number of carboxylic acids is 1. The van der Waals surface area contributed by atoms with Crippen molar-refractivity contribution in [3.8, 4) is 5.75 Å². The van der Waals surface area contributed by atoms with E-state index in [-0.39, 0.29) is 13.0 Å². The number of benzene rings is 3. The van der Waals surface area contributed by atoms with Gasteiger partial charge < -0.3 is 19.7 Å². The third-order valence-electron chi connectivity index (χ3n) is 7.58. The molecule has 40 heavy (non-hydrogen) atoms. The Hall–Kier alpha value is -3.46. The second-order valence-electron chi connectivity index (χ2n) is 9.98. The minimum atomic E-state index is -0.933. The largest absolute Gasteiger partial charge is 0.495 e. The molecule has 212 valence electrons. The van der Waals surface area contributed by atoms with Gasteiger partial charge in [-0.25, -0.2) is 4.68 Å². The topological polar surface area (TPSA) is 107 Å². The number of hydrogen-bond donors (Lipinski definition) is 2. The summed E-state index contributed by atoms with van der Waals surface area (Å²) in [7, 11) is 1.49. The normalized spacial score (nSPS) is 12.9. The molecular weight excluding hydrogens is 530 g/mol. The van der Waals surface area contributed by atoms with Gasteiger partial charge in [0, 0.05) is 24.1 Å². The Kier molecular flexibility index (Phi) is 9.79. The molecule has 9 heteroatoms. The summed E-state index contributed by atoms with van der Waals surface area (Å²) in [6.07, 6.45) is 2.13. The van der Waals surface area contributed by atoms with Gasteiger partial charge in [-0.3, -0.25) is 4.79 Å². The molecule has 4 aromatic rings. The number of carbonyl (C=O) groups is 1. The van der Waals surface area contributed by atoms with Crippen LogP contribution >= 0.6 is 11.6 Å². The number of aliphatic hydroxyl groups excluding tert-OH is 1. The number of nitrogens with zero attached hydrogens (tertiary/aromatic N) is 3. The van der Waals surface area contributed by atoms with Crippen LogP contribution < -0.4 is 4.74 Å². The number of aromatic nitrogens is 3. The molecule has 3 aromatic carbocycles. The van der Waals surface area contributed by atoms with Crippen molar-refractivity contribution in [3.63, 3.8) is 0 Å². The van der Waals surface area contributed by atoms with Gasteiger partial charge in [0.15, 0.2) is 0 Å². The van der Waals surface area contributed by atoms with Gasteiger partial charge in [0.2, 0.25) is 0 Å². The Morgan fingerprint density at radius 3 is 2.58 bits per heavy atom. The van der Waals surface area contributed by atoms with Crippen LogP contribution in [0.2, 0.25) is 5.02 Å². The molecule has 0 amide bonds. The molecule has 1 atom stereocenters. The zero-order chi connectivity index (χ0) is 28.7. The number of carboxylic acid groups (broad SMARTS) is 1. The van der Waals surface area contributed by atoms with E-state index in [1.807, 2.05) is 48.9 Å². The van der Waals surface area contributed by atoms with Crippen LogP contribution in [-0.4, -0.2) is 44.9 Å². The number of fused-ring (bicyclic) bond motifs is 1. The van der Waals surface area contributed by atoms with Crippen molar-refractivity contribution in [1.29, 1.82) is 0 Å². The first-order valence-corrected chi connectivity index (χ1v) is 13.9. The molecule has 0 saturated carbocycles. The quantitative estimate of drug-likeness (QED) is 0.179.